The van der Waals surface area contributed by atoms with E-state index in [1.807, 2.05) is 32.9 Å². The van der Waals surface area contributed by atoms with Crippen molar-refractivity contribution < 1.29 is 38.4 Å². The predicted molar refractivity (Wildman–Crippen MR) is 163 cm³/mol. The van der Waals surface area contributed by atoms with Crippen molar-refractivity contribution >= 4 is 17.8 Å². The Hall–Kier alpha value is -2.53. The third-order valence-electron chi connectivity index (χ3n) is 8.33. The zero-order valence-electron chi connectivity index (χ0n) is 26.8. The fraction of sp³-hybridized carbons (Fsp3) is 0.727. The van der Waals surface area contributed by atoms with Crippen molar-refractivity contribution in [3.05, 3.63) is 36.0 Å². The Kier molecular flexibility index (Phi) is 13.0. The van der Waals surface area contributed by atoms with Crippen molar-refractivity contribution in [2.45, 2.75) is 129 Å². The average Bonchev–Trinajstić information content (AvgIpc) is 3.72. The van der Waals surface area contributed by atoms with E-state index < -0.39 is 23.9 Å². The molecule has 0 bridgehead atoms. The molecule has 0 aromatic rings. The first kappa shape index (κ1) is 35.0. The highest BCUT2D eigenvalue weighted by Crippen LogP contribution is 2.43. The molecule has 3 saturated heterocycles. The van der Waals surface area contributed by atoms with Crippen molar-refractivity contribution in [3.63, 3.8) is 0 Å². The number of nitrogens with one attached hydrogen (secondary N) is 2. The summed E-state index contributed by atoms with van der Waals surface area (Å²) in [6.07, 6.45) is 9.72. The van der Waals surface area contributed by atoms with Gasteiger partial charge in [-0.15, -0.1) is 0 Å². The van der Waals surface area contributed by atoms with Gasteiger partial charge in [0.15, 0.2) is 0 Å². The molecule has 0 saturated carbocycles. The zero-order chi connectivity index (χ0) is 31.7. The molecule has 3 aliphatic rings. The molecule has 0 aliphatic carbocycles. The number of aliphatic hydroxyl groups excluding tert-OH is 1. The van der Waals surface area contributed by atoms with Gasteiger partial charge in [0.05, 0.1) is 43.3 Å². The highest BCUT2D eigenvalue weighted by Gasteiger charge is 2.58. The van der Waals surface area contributed by atoms with E-state index in [0.717, 1.165) is 18.4 Å². The number of epoxide rings is 1. The highest BCUT2D eigenvalue weighted by atomic mass is 16.6. The van der Waals surface area contributed by atoms with Gasteiger partial charge in [-0.1, -0.05) is 51.5 Å². The smallest absolute Gasteiger partial charge is 0.308 e. The lowest BCUT2D eigenvalue weighted by atomic mass is 9.87. The molecule has 3 aliphatic heterocycles. The molecule has 3 heterocycles. The summed E-state index contributed by atoms with van der Waals surface area (Å²) in [6, 6.07) is -0.124. The second-order valence-electron chi connectivity index (χ2n) is 12.7. The molecule has 9 atom stereocenters. The van der Waals surface area contributed by atoms with E-state index in [4.69, 9.17) is 18.9 Å². The Morgan fingerprint density at radius 2 is 1.86 bits per heavy atom. The predicted octanol–water partition coefficient (Wildman–Crippen LogP) is 3.52. The molecule has 43 heavy (non-hydrogen) atoms. The van der Waals surface area contributed by atoms with Crippen molar-refractivity contribution in [3.8, 4) is 0 Å². The summed E-state index contributed by atoms with van der Waals surface area (Å²) in [7, 11) is 0. The lowest BCUT2D eigenvalue weighted by Crippen LogP contribution is -2.50. The Labute approximate surface area is 256 Å². The summed E-state index contributed by atoms with van der Waals surface area (Å²) in [5.74, 6) is -0.592. The van der Waals surface area contributed by atoms with Crippen molar-refractivity contribution in [1.29, 1.82) is 0 Å². The monoisotopic (exact) mass is 604 g/mol. The van der Waals surface area contributed by atoms with Crippen LogP contribution < -0.4 is 10.6 Å². The van der Waals surface area contributed by atoms with Gasteiger partial charge in [0.25, 0.3) is 0 Å². The average molecular weight is 605 g/mol. The lowest BCUT2D eigenvalue weighted by molar-refractivity contribution is -0.150. The summed E-state index contributed by atoms with van der Waals surface area (Å²) in [5.41, 5.74) is 0.392. The molecular weight excluding hydrogens is 552 g/mol. The summed E-state index contributed by atoms with van der Waals surface area (Å²) >= 11 is 0. The van der Waals surface area contributed by atoms with Crippen molar-refractivity contribution in [2.75, 3.05) is 13.2 Å². The van der Waals surface area contributed by atoms with Crippen LogP contribution in [-0.2, 0) is 33.3 Å². The van der Waals surface area contributed by atoms with Crippen LogP contribution >= 0.6 is 0 Å². The molecular formula is C33H52N2O8. The minimum atomic E-state index is -0.783. The molecule has 0 aromatic carbocycles. The maximum absolute atomic E-state index is 12.5. The number of ether oxygens (including phenoxy) is 4. The summed E-state index contributed by atoms with van der Waals surface area (Å²) < 4.78 is 23.3. The van der Waals surface area contributed by atoms with Crippen LogP contribution in [0.15, 0.2) is 36.0 Å². The maximum Gasteiger partial charge on any atom is 0.308 e. The van der Waals surface area contributed by atoms with E-state index in [2.05, 4.69) is 23.6 Å². The summed E-state index contributed by atoms with van der Waals surface area (Å²) in [6.45, 7) is 14.5. The molecule has 9 unspecified atom stereocenters. The van der Waals surface area contributed by atoms with Crippen LogP contribution in [-0.4, -0.2) is 84.3 Å². The molecule has 3 rings (SSSR count). The van der Waals surface area contributed by atoms with Crippen LogP contribution in [0, 0.1) is 11.8 Å². The van der Waals surface area contributed by atoms with Crippen LogP contribution in [0.2, 0.25) is 0 Å². The highest BCUT2D eigenvalue weighted by molar-refractivity contribution is 5.87. The van der Waals surface area contributed by atoms with Gasteiger partial charge in [0.2, 0.25) is 11.8 Å². The van der Waals surface area contributed by atoms with Gasteiger partial charge in [-0.25, -0.2) is 0 Å². The van der Waals surface area contributed by atoms with Crippen LogP contribution in [0.25, 0.3) is 0 Å². The Morgan fingerprint density at radius 1 is 1.14 bits per heavy atom. The largest absolute Gasteiger partial charge is 0.458 e. The number of aliphatic hydroxyl groups is 1. The first-order chi connectivity index (χ1) is 20.3. The number of carbonyl (C=O) groups is 3. The normalized spacial score (nSPS) is 33.6. The number of esters is 1. The first-order valence-corrected chi connectivity index (χ1v) is 15.8. The fourth-order valence-electron chi connectivity index (χ4n) is 5.49. The Bertz CT molecular complexity index is 1050. The second kappa shape index (κ2) is 16.0. The van der Waals surface area contributed by atoms with Crippen LogP contribution in [0.5, 0.6) is 0 Å². The van der Waals surface area contributed by atoms with Gasteiger partial charge >= 0.3 is 5.97 Å². The topological polar surface area (TPSA) is 136 Å². The fourth-order valence-corrected chi connectivity index (χ4v) is 5.49. The third-order valence-corrected chi connectivity index (χ3v) is 8.33. The number of rotatable bonds is 13. The van der Waals surface area contributed by atoms with E-state index in [-0.39, 0.29) is 60.4 Å². The van der Waals surface area contributed by atoms with Gasteiger partial charge in [0, 0.05) is 19.0 Å². The number of hydrogen-bond acceptors (Lipinski definition) is 8. The number of carbonyl (C=O) groups excluding carboxylic acids is 3. The standard InChI is InChI=1S/C33H52N2O8/c1-8-15-34-30(37)17-25-18-33(19-40-33)31(38)28(43-25)13-10-21(4)9-12-27-22(5)16-26(24(7)42-27)35-29(36)14-11-23(6)41-32(39)20(2)3/h9-11,13-14,20,22-28,31,38H,8,12,15-19H2,1-7H3,(H,34,37)(H,35,36). The van der Waals surface area contributed by atoms with E-state index >= 15 is 0 Å². The van der Waals surface area contributed by atoms with Crippen LogP contribution in [0.1, 0.15) is 80.6 Å². The summed E-state index contributed by atoms with van der Waals surface area (Å²) in [4.78, 5) is 36.5. The lowest BCUT2D eigenvalue weighted by Gasteiger charge is -2.39. The number of hydrogen-bond donors (Lipinski definition) is 3. The molecule has 1 spiro atoms. The van der Waals surface area contributed by atoms with Crippen LogP contribution in [0.3, 0.4) is 0 Å². The van der Waals surface area contributed by atoms with Gasteiger partial charge in [-0.2, -0.15) is 0 Å². The van der Waals surface area contributed by atoms with Gasteiger partial charge in [-0.05, 0) is 52.0 Å². The maximum atomic E-state index is 12.5. The van der Waals surface area contributed by atoms with E-state index in [1.54, 1.807) is 26.8 Å². The molecule has 10 nitrogen and oxygen atoms in total. The van der Waals surface area contributed by atoms with Gasteiger partial charge in [0.1, 0.15) is 23.9 Å². The molecule has 0 aromatic heterocycles. The molecule has 0 radical (unpaired) electrons. The molecule has 242 valence electrons. The van der Waals surface area contributed by atoms with E-state index in [0.29, 0.717) is 26.0 Å². The van der Waals surface area contributed by atoms with Crippen LogP contribution in [0.4, 0.5) is 0 Å². The molecule has 2 amide bonds. The SMILES string of the molecule is CCCNC(=O)CC1CC2(CO2)C(O)C(C=CC(C)=CCC2OC(C)C(NC(=O)C=CC(C)OC(=O)C(C)C)CC2C)O1. The minimum Gasteiger partial charge on any atom is -0.458 e. The van der Waals surface area contributed by atoms with Crippen molar-refractivity contribution in [2.24, 2.45) is 11.8 Å². The van der Waals surface area contributed by atoms with Crippen molar-refractivity contribution in [1.82, 2.24) is 10.6 Å². The van der Waals surface area contributed by atoms with Gasteiger partial charge in [-0.3, -0.25) is 14.4 Å². The quantitative estimate of drug-likeness (QED) is 0.126. The molecule has 10 heteroatoms. The zero-order valence-corrected chi connectivity index (χ0v) is 26.8. The first-order valence-electron chi connectivity index (χ1n) is 15.8. The Morgan fingerprint density at radius 3 is 2.51 bits per heavy atom. The number of amides is 2. The molecule has 3 fully saturated rings. The Balaban J connectivity index is 1.48. The van der Waals surface area contributed by atoms with E-state index in [1.165, 1.54) is 6.08 Å². The van der Waals surface area contributed by atoms with Gasteiger partial charge < -0.3 is 34.7 Å². The summed E-state index contributed by atoms with van der Waals surface area (Å²) in [5, 5.41) is 16.8. The minimum absolute atomic E-state index is 0.00294. The second-order valence-corrected chi connectivity index (χ2v) is 12.7. The van der Waals surface area contributed by atoms with E-state index in [9.17, 15) is 19.5 Å². The third kappa shape index (κ3) is 10.6. The number of allylic oxidation sites excluding steroid dienone is 2. The molecule has 3 N–H and O–H groups in total.